The van der Waals surface area contributed by atoms with Crippen molar-refractivity contribution in [2.75, 3.05) is 7.11 Å². The molecule has 0 aromatic heterocycles. The molecule has 0 bridgehead atoms. The highest BCUT2D eigenvalue weighted by Gasteiger charge is 1.75. The minimum Gasteiger partial charge on any atom is -0.296 e. The van der Waals surface area contributed by atoms with E-state index in [0.717, 1.165) is 10.4 Å². The van der Waals surface area contributed by atoms with Crippen molar-refractivity contribution >= 4 is 22.2 Å². The normalized spacial score (nSPS) is 10.2. The monoisotopic (exact) mass is 111 g/mol. The quantitative estimate of drug-likeness (QED) is 0.252. The van der Waals surface area contributed by atoms with Crippen LogP contribution in [0.3, 0.4) is 0 Å². The molecule has 0 aliphatic rings. The summed E-state index contributed by atoms with van der Waals surface area (Å²) in [7, 11) is 2.27. The maximum atomic E-state index is 5.14. The van der Waals surface area contributed by atoms with Gasteiger partial charge in [-0.15, -0.1) is 4.25 Å². The molecule has 0 aromatic carbocycles. The van der Waals surface area contributed by atoms with E-state index < -0.39 is 0 Å². The van der Waals surface area contributed by atoms with Gasteiger partial charge in [0.25, 0.3) is 0 Å². The van der Waals surface area contributed by atoms with Crippen molar-refractivity contribution in [3.05, 3.63) is 0 Å². The first-order valence-corrected chi connectivity index (χ1v) is 2.44. The van der Waals surface area contributed by atoms with Crippen LogP contribution in [0.2, 0.25) is 0 Å². The molecule has 0 saturated heterocycles. The molecule has 2 nitrogen and oxygen atoms in total. The average molecular weight is 112 g/mol. The summed E-state index contributed by atoms with van der Waals surface area (Å²) < 4.78 is 1.24. The molecule has 0 N–H and O–H groups in total. The Morgan fingerprint density at radius 3 is 2.20 bits per heavy atom. The highest BCUT2D eigenvalue weighted by atomic mass is 35.5. The fraction of sp³-hybridized carbons (Fsp3) is 1.00. The van der Waals surface area contributed by atoms with Crippen LogP contribution in [-0.2, 0) is 4.84 Å². The Balaban J connectivity index is 2.54. The van der Waals surface area contributed by atoms with E-state index in [1.54, 1.807) is 0 Å². The molecule has 4 heteroatoms. The van der Waals surface area contributed by atoms with Crippen LogP contribution in [0, 0.1) is 0 Å². The Hall–Kier alpha value is 0.427. The van der Waals surface area contributed by atoms with Gasteiger partial charge >= 0.3 is 0 Å². The predicted octanol–water partition coefficient (Wildman–Crippen LogP) is -0.716. The van der Waals surface area contributed by atoms with E-state index in [1.165, 1.54) is 11.4 Å². The fourth-order valence-corrected chi connectivity index (χ4v) is 0. The molecular weight excluding hydrogens is 106 g/mol. The zero-order valence-electron chi connectivity index (χ0n) is 3.23. The van der Waals surface area contributed by atoms with E-state index in [1.807, 2.05) is 0 Å². The van der Waals surface area contributed by atoms with Crippen LogP contribution in [0.4, 0.5) is 0 Å². The maximum Gasteiger partial charge on any atom is 0.136 e. The van der Waals surface area contributed by atoms with E-state index >= 15 is 0 Å². The molecule has 0 aliphatic heterocycles. The van der Waals surface area contributed by atoms with Crippen LogP contribution in [-0.4, -0.2) is 21.8 Å². The van der Waals surface area contributed by atoms with Crippen molar-refractivity contribution in [3.63, 3.8) is 0 Å². The highest BCUT2D eigenvalue weighted by Crippen LogP contribution is 1.79. The summed E-state index contributed by atoms with van der Waals surface area (Å²) in [6, 6.07) is 0. The smallest absolute Gasteiger partial charge is 0.136 e. The molecule has 0 aromatic rings. The van der Waals surface area contributed by atoms with Gasteiger partial charge in [-0.25, -0.2) is 0 Å². The molecule has 0 radical (unpaired) electrons. The SMILES string of the molecule is CON([SiH3])Cl. The lowest BCUT2D eigenvalue weighted by molar-refractivity contribution is 0.0330. The van der Waals surface area contributed by atoms with Gasteiger partial charge in [-0.1, -0.05) is 0 Å². The summed E-state index contributed by atoms with van der Waals surface area (Å²) in [5.74, 6) is 0. The maximum absolute atomic E-state index is 5.14. The van der Waals surface area contributed by atoms with E-state index in [0.29, 0.717) is 0 Å². The van der Waals surface area contributed by atoms with Crippen molar-refractivity contribution in [2.45, 2.75) is 0 Å². The van der Waals surface area contributed by atoms with Crippen LogP contribution in [0.15, 0.2) is 0 Å². The molecular formula is CH6ClNOSi. The van der Waals surface area contributed by atoms with Gasteiger partial charge in [0, 0.05) is 0 Å². The summed E-state index contributed by atoms with van der Waals surface area (Å²) >= 11 is 5.14. The lowest BCUT2D eigenvalue weighted by Crippen LogP contribution is -2.02. The first-order chi connectivity index (χ1) is 2.27. The van der Waals surface area contributed by atoms with E-state index in [2.05, 4.69) is 4.84 Å². The van der Waals surface area contributed by atoms with Gasteiger partial charge in [0.15, 0.2) is 0 Å². The highest BCUT2D eigenvalue weighted by molar-refractivity contribution is 6.28. The summed E-state index contributed by atoms with van der Waals surface area (Å²) in [6.45, 7) is 0. The van der Waals surface area contributed by atoms with Crippen molar-refractivity contribution < 1.29 is 4.84 Å². The van der Waals surface area contributed by atoms with Crippen LogP contribution < -0.4 is 0 Å². The summed E-state index contributed by atoms with van der Waals surface area (Å²) in [6.07, 6.45) is 0. The van der Waals surface area contributed by atoms with Gasteiger partial charge in [0.05, 0.1) is 7.11 Å². The summed E-state index contributed by atoms with van der Waals surface area (Å²) in [4.78, 5) is 4.41. The molecule has 0 saturated carbocycles. The second-order valence-corrected chi connectivity index (χ2v) is 2.46. The Bertz CT molecular complexity index is 25.6. The lowest BCUT2D eigenvalue weighted by Gasteiger charge is -1.97. The third-order valence-corrected chi connectivity index (χ3v) is 0.755. The Labute approximate surface area is 39.2 Å². The van der Waals surface area contributed by atoms with Crippen LogP contribution in [0.5, 0.6) is 0 Å². The summed E-state index contributed by atoms with van der Waals surface area (Å²) in [5.41, 5.74) is 0. The molecule has 0 aliphatic carbocycles. The van der Waals surface area contributed by atoms with Crippen molar-refractivity contribution in [2.24, 2.45) is 0 Å². The van der Waals surface area contributed by atoms with Gasteiger partial charge in [0.1, 0.15) is 10.4 Å². The second kappa shape index (κ2) is 2.65. The second-order valence-electron chi connectivity index (χ2n) is 0.603. The number of rotatable bonds is 1. The molecule has 0 amide bonds. The van der Waals surface area contributed by atoms with Gasteiger partial charge in [-0.3, -0.25) is 4.84 Å². The van der Waals surface area contributed by atoms with Gasteiger partial charge in [-0.2, -0.15) is 0 Å². The zero-order valence-corrected chi connectivity index (χ0v) is 5.99. The third kappa shape index (κ3) is 4.43. The van der Waals surface area contributed by atoms with Crippen LogP contribution in [0.1, 0.15) is 0 Å². The molecule has 0 fully saturated rings. The number of nitrogens with zero attached hydrogens (tertiary/aromatic N) is 1. The van der Waals surface area contributed by atoms with Crippen molar-refractivity contribution in [3.8, 4) is 0 Å². The number of hydrogen-bond acceptors (Lipinski definition) is 2. The minimum absolute atomic E-state index is 0.746. The van der Waals surface area contributed by atoms with Gasteiger partial charge in [-0.05, 0) is 11.8 Å². The first kappa shape index (κ1) is 5.43. The Morgan fingerprint density at radius 1 is 2.00 bits per heavy atom. The number of halogens is 1. The molecule has 0 atom stereocenters. The Kier molecular flexibility index (Phi) is 2.88. The van der Waals surface area contributed by atoms with Gasteiger partial charge in [0.2, 0.25) is 0 Å². The van der Waals surface area contributed by atoms with E-state index in [-0.39, 0.29) is 0 Å². The molecule has 0 heterocycles. The predicted molar refractivity (Wildman–Crippen MR) is 24.6 cm³/mol. The molecule has 32 valence electrons. The lowest BCUT2D eigenvalue weighted by atomic mass is 11.7. The molecule has 5 heavy (non-hydrogen) atoms. The Morgan fingerprint density at radius 2 is 2.20 bits per heavy atom. The standard InChI is InChI=1S/CH6ClNOSi/c1-4-3(2)5/h1,5H3. The topological polar surface area (TPSA) is 12.5 Å². The van der Waals surface area contributed by atoms with Crippen molar-refractivity contribution in [1.82, 2.24) is 4.25 Å². The zero-order chi connectivity index (χ0) is 4.28. The van der Waals surface area contributed by atoms with E-state index in [9.17, 15) is 0 Å². The largest absolute Gasteiger partial charge is 0.296 e. The molecule has 0 spiro atoms. The van der Waals surface area contributed by atoms with Crippen LogP contribution in [0.25, 0.3) is 0 Å². The third-order valence-electron chi connectivity index (χ3n) is 0.252. The summed E-state index contributed by atoms with van der Waals surface area (Å²) in [5, 5.41) is 0. The number of hydrogen-bond donors (Lipinski definition) is 0. The molecule has 0 rings (SSSR count). The van der Waals surface area contributed by atoms with Crippen molar-refractivity contribution in [1.29, 1.82) is 0 Å². The molecule has 0 unspecified atom stereocenters. The van der Waals surface area contributed by atoms with Crippen LogP contribution >= 0.6 is 11.8 Å². The van der Waals surface area contributed by atoms with Gasteiger partial charge < -0.3 is 0 Å². The fourth-order valence-electron chi connectivity index (χ4n) is 0. The first-order valence-electron chi connectivity index (χ1n) is 1.21. The minimum atomic E-state index is 0.746. The average Bonchev–Trinajstić information content (AvgIpc) is 1.38. The van der Waals surface area contributed by atoms with E-state index in [4.69, 9.17) is 11.8 Å².